The van der Waals surface area contributed by atoms with Gasteiger partial charge in [-0.05, 0) is 36.7 Å². The number of rotatable bonds is 2. The van der Waals surface area contributed by atoms with Crippen LogP contribution in [0, 0.1) is 20.8 Å². The second-order valence-corrected chi connectivity index (χ2v) is 4.69. The molecule has 0 spiro atoms. The lowest BCUT2D eigenvalue weighted by Gasteiger charge is -2.10. The van der Waals surface area contributed by atoms with Gasteiger partial charge in [-0.2, -0.15) is 4.98 Å². The lowest BCUT2D eigenvalue weighted by Crippen LogP contribution is -2.27. The largest absolute Gasteiger partial charge is 0.361 e. The molecule has 0 aliphatic heterocycles. The van der Waals surface area contributed by atoms with E-state index in [1.807, 2.05) is 13.8 Å². The molecule has 0 unspecified atom stereocenters. The minimum Gasteiger partial charge on any atom is -0.361 e. The zero-order valence-corrected chi connectivity index (χ0v) is 11.4. The van der Waals surface area contributed by atoms with Crippen molar-refractivity contribution in [3.05, 3.63) is 43.9 Å². The molecule has 0 aromatic carbocycles. The summed E-state index contributed by atoms with van der Waals surface area (Å²) in [6, 6.07) is 1.81. The molecule has 0 fully saturated rings. The van der Waals surface area contributed by atoms with E-state index in [9.17, 15) is 4.79 Å². The molecule has 2 rings (SSSR count). The fraction of sp³-hybridized carbons (Fsp3) is 0.364. The molecule has 0 saturated heterocycles. The average Bonchev–Trinajstić information content (AvgIpc) is 2.67. The Labute approximate surface area is 107 Å². The predicted octanol–water partition coefficient (Wildman–Crippen LogP) is 1.97. The van der Waals surface area contributed by atoms with Crippen LogP contribution in [0.1, 0.15) is 22.8 Å². The van der Waals surface area contributed by atoms with Crippen LogP contribution < -0.4 is 5.69 Å². The predicted molar refractivity (Wildman–Crippen MR) is 66.0 cm³/mol. The van der Waals surface area contributed by atoms with Crippen LogP contribution in [-0.2, 0) is 6.54 Å². The average molecular weight is 298 g/mol. The van der Waals surface area contributed by atoms with Crippen LogP contribution in [-0.4, -0.2) is 14.7 Å². The van der Waals surface area contributed by atoms with Gasteiger partial charge in [-0.3, -0.25) is 4.57 Å². The molecule has 0 saturated carbocycles. The van der Waals surface area contributed by atoms with Crippen molar-refractivity contribution in [1.82, 2.24) is 14.7 Å². The van der Waals surface area contributed by atoms with Crippen molar-refractivity contribution in [2.24, 2.45) is 0 Å². The van der Waals surface area contributed by atoms with Gasteiger partial charge in [0.05, 0.1) is 16.7 Å². The Bertz CT molecular complexity index is 616. The van der Waals surface area contributed by atoms with Crippen molar-refractivity contribution in [1.29, 1.82) is 0 Å². The van der Waals surface area contributed by atoms with E-state index >= 15 is 0 Å². The molecule has 2 heterocycles. The first-order chi connectivity index (χ1) is 7.99. The van der Waals surface area contributed by atoms with Gasteiger partial charge in [0.1, 0.15) is 11.5 Å². The fourth-order valence-corrected chi connectivity index (χ4v) is 1.92. The smallest absolute Gasteiger partial charge is 0.348 e. The van der Waals surface area contributed by atoms with Gasteiger partial charge >= 0.3 is 5.69 Å². The van der Waals surface area contributed by atoms with Gasteiger partial charge in [0.25, 0.3) is 0 Å². The fourth-order valence-electron chi connectivity index (χ4n) is 1.62. The van der Waals surface area contributed by atoms with Crippen LogP contribution in [0.15, 0.2) is 19.9 Å². The summed E-state index contributed by atoms with van der Waals surface area (Å²) in [4.78, 5) is 15.7. The van der Waals surface area contributed by atoms with Gasteiger partial charge in [-0.25, -0.2) is 4.79 Å². The van der Waals surface area contributed by atoms with E-state index in [-0.39, 0.29) is 5.69 Å². The molecule has 0 amide bonds. The number of hydrogen-bond donors (Lipinski definition) is 0. The summed E-state index contributed by atoms with van der Waals surface area (Å²) in [6.07, 6.45) is 0. The third kappa shape index (κ3) is 2.31. The number of aromatic nitrogens is 3. The summed E-state index contributed by atoms with van der Waals surface area (Å²) in [5.74, 6) is 0.727. The minimum absolute atomic E-state index is 0.274. The van der Waals surface area contributed by atoms with E-state index in [0.29, 0.717) is 17.9 Å². The Balaban J connectivity index is 2.46. The molecule has 2 aromatic heterocycles. The van der Waals surface area contributed by atoms with Gasteiger partial charge in [0.2, 0.25) is 0 Å². The van der Waals surface area contributed by atoms with Gasteiger partial charge in [0.15, 0.2) is 0 Å². The lowest BCUT2D eigenvalue weighted by atomic mass is 10.3. The Morgan fingerprint density at radius 2 is 2.12 bits per heavy atom. The molecule has 5 nitrogen and oxygen atoms in total. The third-order valence-corrected chi connectivity index (χ3v) is 3.68. The first-order valence-electron chi connectivity index (χ1n) is 5.14. The summed E-state index contributed by atoms with van der Waals surface area (Å²) in [5, 5.41) is 3.87. The van der Waals surface area contributed by atoms with E-state index in [4.69, 9.17) is 4.52 Å². The van der Waals surface area contributed by atoms with E-state index < -0.39 is 0 Å². The maximum Gasteiger partial charge on any atom is 0.348 e. The molecule has 0 aliphatic carbocycles. The standard InChI is InChI=1S/C11H12BrN3O2/c1-6-4-9(14-17-6)5-15-8(3)10(12)7(2)13-11(15)16/h4H,5H2,1-3H3. The normalized spacial score (nSPS) is 10.8. The van der Waals surface area contributed by atoms with Gasteiger partial charge in [-0.1, -0.05) is 5.16 Å². The second-order valence-electron chi connectivity index (χ2n) is 3.89. The van der Waals surface area contributed by atoms with E-state index in [0.717, 1.165) is 15.9 Å². The Morgan fingerprint density at radius 3 is 2.71 bits per heavy atom. The van der Waals surface area contributed by atoms with Crippen LogP contribution >= 0.6 is 15.9 Å². The van der Waals surface area contributed by atoms with E-state index in [1.54, 1.807) is 17.6 Å². The maximum atomic E-state index is 11.8. The number of halogens is 1. The van der Waals surface area contributed by atoms with Gasteiger partial charge in [-0.15, -0.1) is 0 Å². The zero-order chi connectivity index (χ0) is 12.6. The third-order valence-electron chi connectivity index (χ3n) is 2.53. The van der Waals surface area contributed by atoms with Crippen molar-refractivity contribution >= 4 is 15.9 Å². The van der Waals surface area contributed by atoms with Crippen LogP contribution in [0.4, 0.5) is 0 Å². The Hall–Kier alpha value is -1.43. The Kier molecular flexibility index (Phi) is 3.15. The molecule has 0 N–H and O–H groups in total. The van der Waals surface area contributed by atoms with Crippen molar-refractivity contribution in [2.75, 3.05) is 0 Å². The zero-order valence-electron chi connectivity index (χ0n) is 9.82. The molecule has 6 heteroatoms. The molecular weight excluding hydrogens is 286 g/mol. The van der Waals surface area contributed by atoms with Gasteiger partial charge in [0, 0.05) is 11.8 Å². The highest BCUT2D eigenvalue weighted by atomic mass is 79.9. The highest BCUT2D eigenvalue weighted by Gasteiger charge is 2.11. The van der Waals surface area contributed by atoms with E-state index in [1.165, 1.54) is 0 Å². The van der Waals surface area contributed by atoms with E-state index in [2.05, 4.69) is 26.1 Å². The molecule has 0 radical (unpaired) electrons. The minimum atomic E-state index is -0.274. The van der Waals surface area contributed by atoms with Crippen LogP contribution in [0.2, 0.25) is 0 Å². The molecule has 0 aliphatic rings. The van der Waals surface area contributed by atoms with Crippen LogP contribution in [0.25, 0.3) is 0 Å². The molecule has 90 valence electrons. The van der Waals surface area contributed by atoms with Crippen molar-refractivity contribution in [3.8, 4) is 0 Å². The molecular formula is C11H12BrN3O2. The summed E-state index contributed by atoms with van der Waals surface area (Å²) in [5.41, 5.74) is 1.97. The number of aryl methyl sites for hydroxylation is 2. The molecule has 0 atom stereocenters. The quantitative estimate of drug-likeness (QED) is 0.850. The van der Waals surface area contributed by atoms with Crippen molar-refractivity contribution in [2.45, 2.75) is 27.3 Å². The molecule has 0 bridgehead atoms. The topological polar surface area (TPSA) is 60.9 Å². The summed E-state index contributed by atoms with van der Waals surface area (Å²) in [7, 11) is 0. The maximum absolute atomic E-state index is 11.8. The summed E-state index contributed by atoms with van der Waals surface area (Å²) in [6.45, 7) is 5.85. The SMILES string of the molecule is Cc1cc(Cn2c(C)c(Br)c(C)nc2=O)no1. The number of hydrogen-bond acceptors (Lipinski definition) is 4. The second kappa shape index (κ2) is 4.44. The molecule has 2 aromatic rings. The number of nitrogens with zero attached hydrogens (tertiary/aromatic N) is 3. The lowest BCUT2D eigenvalue weighted by molar-refractivity contribution is 0.388. The Morgan fingerprint density at radius 1 is 1.41 bits per heavy atom. The first-order valence-corrected chi connectivity index (χ1v) is 5.94. The monoisotopic (exact) mass is 297 g/mol. The van der Waals surface area contributed by atoms with Crippen LogP contribution in [0.3, 0.4) is 0 Å². The van der Waals surface area contributed by atoms with Crippen molar-refractivity contribution < 1.29 is 4.52 Å². The van der Waals surface area contributed by atoms with Crippen LogP contribution in [0.5, 0.6) is 0 Å². The highest BCUT2D eigenvalue weighted by molar-refractivity contribution is 9.10. The van der Waals surface area contributed by atoms with Crippen molar-refractivity contribution in [3.63, 3.8) is 0 Å². The summed E-state index contributed by atoms with van der Waals surface area (Å²) >= 11 is 3.42. The van der Waals surface area contributed by atoms with Gasteiger partial charge < -0.3 is 4.52 Å². The highest BCUT2D eigenvalue weighted by Crippen LogP contribution is 2.17. The molecule has 17 heavy (non-hydrogen) atoms. The first kappa shape index (κ1) is 12.0. The summed E-state index contributed by atoms with van der Waals surface area (Å²) < 4.78 is 7.38.